The van der Waals surface area contributed by atoms with Gasteiger partial charge in [0.25, 0.3) is 12.4 Å². The highest BCUT2D eigenvalue weighted by atomic mass is 32.2. The van der Waals surface area contributed by atoms with Crippen LogP contribution in [0.25, 0.3) is 21.8 Å². The number of Topliss-reactive ketones (excluding diaryl/α,β-unsaturated/α-hetero) is 3. The van der Waals surface area contributed by atoms with Crippen molar-refractivity contribution in [1.82, 2.24) is 66.4 Å². The number of aliphatic carboxylic acids is 1. The molecule has 3 heterocycles. The van der Waals surface area contributed by atoms with Crippen LogP contribution in [0, 0.1) is 23.7 Å². The van der Waals surface area contributed by atoms with E-state index in [4.69, 9.17) is 10.5 Å². The van der Waals surface area contributed by atoms with Crippen LogP contribution in [0.1, 0.15) is 145 Å². The number of thioether (sulfide) groups is 1. The molecule has 12 atom stereocenters. The van der Waals surface area contributed by atoms with Crippen molar-refractivity contribution in [3.63, 3.8) is 0 Å². The number of nitrogens with two attached hydrogens (primary N) is 1. The number of carboxylic acid groups (broad SMARTS) is 1. The Morgan fingerprint density at radius 1 is 0.504 bits per heavy atom. The zero-order chi connectivity index (χ0) is 99.9. The van der Waals surface area contributed by atoms with Gasteiger partial charge in [-0.2, -0.15) is 11.8 Å². The summed E-state index contributed by atoms with van der Waals surface area (Å²) in [6.45, 7) is 7.47. The number of carbonyl (C=O) groups excluding carboxylic acids is 16. The van der Waals surface area contributed by atoms with Crippen molar-refractivity contribution in [2.45, 2.75) is 198 Å². The first-order valence-corrected chi connectivity index (χ1v) is 47.1. The van der Waals surface area contributed by atoms with Crippen LogP contribution >= 0.6 is 11.8 Å². The molecule has 8 aromatic rings. The van der Waals surface area contributed by atoms with E-state index in [0.717, 1.165) is 26.5 Å². The number of benzene rings is 6. The number of nitrogens with zero attached hydrogens (tertiary/aromatic N) is 5. The molecule has 0 saturated carbocycles. The number of aromatic nitrogens is 2. The number of H-pyrrole nitrogens is 2. The van der Waals surface area contributed by atoms with Gasteiger partial charge < -0.3 is 92.2 Å². The Balaban J connectivity index is 1.14. The minimum atomic E-state index is -1.80. The summed E-state index contributed by atoms with van der Waals surface area (Å²) in [5.41, 5.74) is 9.34. The van der Waals surface area contributed by atoms with Crippen LogP contribution in [0.2, 0.25) is 0 Å². The number of ketones is 3. The van der Waals surface area contributed by atoms with Crippen molar-refractivity contribution in [3.05, 3.63) is 203 Å². The number of carbonyl (C=O) groups is 17. The van der Waals surface area contributed by atoms with Crippen molar-refractivity contribution in [1.29, 1.82) is 0 Å². The molecular formula is C101H126N14O21S. The van der Waals surface area contributed by atoms with Crippen molar-refractivity contribution in [3.8, 4) is 11.5 Å². The summed E-state index contributed by atoms with van der Waals surface area (Å²) in [7, 11) is 6.64. The molecule has 0 spiro atoms. The molecule has 137 heavy (non-hydrogen) atoms. The van der Waals surface area contributed by atoms with E-state index in [1.165, 1.54) is 93.6 Å². The number of primary amides is 1. The normalized spacial score (nSPS) is 22.1. The Morgan fingerprint density at radius 3 is 1.58 bits per heavy atom. The number of phenolic OH excluding ortho intramolecular Hbond substituents is 2. The van der Waals surface area contributed by atoms with Gasteiger partial charge in [-0.3, -0.25) is 81.5 Å². The second kappa shape index (κ2) is 51.6. The van der Waals surface area contributed by atoms with Gasteiger partial charge in [0.2, 0.25) is 65.0 Å². The maximum atomic E-state index is 15.9. The van der Waals surface area contributed by atoms with Crippen molar-refractivity contribution >= 4 is 134 Å². The highest BCUT2D eigenvalue weighted by molar-refractivity contribution is 7.99. The number of amides is 12. The first kappa shape index (κ1) is 107. The number of nitrogens with one attached hydrogen (secondary N) is 8. The number of likely N-dealkylation sites (N-methyl/N-ethyl adjacent to an activating group) is 5. The van der Waals surface area contributed by atoms with E-state index in [-0.39, 0.29) is 86.8 Å². The van der Waals surface area contributed by atoms with Gasteiger partial charge in [0.1, 0.15) is 78.3 Å². The second-order valence-electron chi connectivity index (χ2n) is 35.7. The van der Waals surface area contributed by atoms with Crippen LogP contribution in [-0.4, -0.2) is 265 Å². The second-order valence-corrected chi connectivity index (χ2v) is 36.8. The fourth-order valence-electron chi connectivity index (χ4n) is 16.8. The van der Waals surface area contributed by atoms with Crippen LogP contribution in [-0.2, 0) is 118 Å². The molecule has 6 aromatic carbocycles. The summed E-state index contributed by atoms with van der Waals surface area (Å²) < 4.78 is 5.18. The molecule has 1 saturated heterocycles. The minimum absolute atomic E-state index is 0.0488. The monoisotopic (exact) mass is 1900 g/mol. The number of hydrogen-bond acceptors (Lipinski definition) is 21. The zero-order valence-corrected chi connectivity index (χ0v) is 79.7. The number of aromatic amines is 2. The van der Waals surface area contributed by atoms with Crippen LogP contribution in [0.3, 0.4) is 0 Å². The molecule has 36 heteroatoms. The number of fused-ring (bicyclic) bond motifs is 2. The van der Waals surface area contributed by atoms with Gasteiger partial charge in [-0.25, -0.2) is 0 Å². The first-order chi connectivity index (χ1) is 65.3. The summed E-state index contributed by atoms with van der Waals surface area (Å²) in [5.74, 6) is -18.2. The lowest BCUT2D eigenvalue weighted by molar-refractivity contribution is -0.151. The standard InChI is InChI=1S/C101H126N14O21S/c1-11-12-31-84-100(134)111(6)56-70(119)51-67(57-136-59-116)87(121)53-73(61(4)5)97(131)114(9)85(50-63-25-17-14-18-26-63)96(130)109-81(49-65-34-38-69(118)39-35-65)98(132)112(7)83(40-43-90(124)125)95(129)108-79(52-66-54-103-75-29-21-19-27-71(66)75)94(128)107-78(47-64-32-36-68(117)37-33-64)93(127)106-77(46-60(2)3)92(126)110-82(86(120)41-42-88(102)122)58-137-45-44-89(123)105-80(48-62-23-15-13-16-24-62)99(133)115(10)91(101(135)113(84)8)74-55-104-76-30-22-20-28-72(74)76/h13-30,32-39,54-55,59-61,67,73,77-85,91,103-104,117-118H,11-12,31,40-53,56-58H2,1-10H3,(H2,102,122)(H,105,123)(H,106,127)(H,107,128)(H,108,129)(H,109,130)(H,110,126)(H,124,125)/t67-,73-,77-,78-,79-,80-,81-,82-,83+,84-,85-,91-/m0/s1. The summed E-state index contributed by atoms with van der Waals surface area (Å²) in [6.07, 6.45) is -1.11. The summed E-state index contributed by atoms with van der Waals surface area (Å²) in [6, 6.07) is 26.9. The van der Waals surface area contributed by atoms with Crippen molar-refractivity contribution in [2.24, 2.45) is 29.4 Å². The van der Waals surface area contributed by atoms with Gasteiger partial charge in [-0.1, -0.05) is 169 Å². The molecule has 13 N–H and O–H groups in total. The highest BCUT2D eigenvalue weighted by Gasteiger charge is 2.44. The third-order valence-electron chi connectivity index (χ3n) is 24.7. The maximum absolute atomic E-state index is 15.9. The van der Waals surface area contributed by atoms with Crippen LogP contribution in [0.15, 0.2) is 170 Å². The lowest BCUT2D eigenvalue weighted by Crippen LogP contribution is -2.61. The fraction of sp³-hybridized carbons (Fsp3) is 0.436. The molecule has 35 nitrogen and oxygen atoms in total. The smallest absolute Gasteiger partial charge is 0.303 e. The van der Waals surface area contributed by atoms with Gasteiger partial charge in [-0.05, 0) is 95.3 Å². The third kappa shape index (κ3) is 30.7. The van der Waals surface area contributed by atoms with Gasteiger partial charge in [0.05, 0.1) is 18.5 Å². The van der Waals surface area contributed by atoms with Gasteiger partial charge in [0.15, 0.2) is 11.6 Å². The summed E-state index contributed by atoms with van der Waals surface area (Å²) >= 11 is 1.05. The number of ether oxygens (including phenoxy) is 1. The molecule has 2 aromatic heterocycles. The van der Waals surface area contributed by atoms with E-state index in [2.05, 4.69) is 41.9 Å². The molecule has 0 aliphatic carbocycles. The van der Waals surface area contributed by atoms with E-state index in [1.807, 2.05) is 6.92 Å². The van der Waals surface area contributed by atoms with E-state index in [1.54, 1.807) is 149 Å². The maximum Gasteiger partial charge on any atom is 0.303 e. The number of para-hydroxylation sites is 2. The largest absolute Gasteiger partial charge is 0.508 e. The van der Waals surface area contributed by atoms with E-state index in [9.17, 15) is 44.1 Å². The Labute approximate surface area is 800 Å². The lowest BCUT2D eigenvalue weighted by atomic mass is 9.84. The van der Waals surface area contributed by atoms with Gasteiger partial charge >= 0.3 is 5.97 Å². The summed E-state index contributed by atoms with van der Waals surface area (Å²) in [4.78, 5) is 263. The Morgan fingerprint density at radius 2 is 1.00 bits per heavy atom. The quantitative estimate of drug-likeness (QED) is 0.0239. The number of aromatic hydroxyl groups is 2. The van der Waals surface area contributed by atoms with E-state index in [0.29, 0.717) is 68.0 Å². The highest BCUT2D eigenvalue weighted by Crippen LogP contribution is 2.33. The number of unbranched alkanes of at least 4 members (excludes halogenated alkanes) is 1. The van der Waals surface area contributed by atoms with E-state index >= 15 is 52.7 Å². The predicted octanol–water partition coefficient (Wildman–Crippen LogP) is 6.67. The molecule has 1 aliphatic heterocycles. The first-order valence-electron chi connectivity index (χ1n) is 45.9. The number of hydrogen-bond donors (Lipinski definition) is 12. The minimum Gasteiger partial charge on any atom is -0.508 e. The molecular weight excluding hydrogens is 1780 g/mol. The van der Waals surface area contributed by atoms with Crippen LogP contribution < -0.4 is 37.6 Å². The summed E-state index contributed by atoms with van der Waals surface area (Å²) in [5, 5.41) is 49.2. The molecule has 9 rings (SSSR count). The van der Waals surface area contributed by atoms with Crippen molar-refractivity contribution < 1.29 is 102 Å². The third-order valence-corrected chi connectivity index (χ3v) is 25.7. The van der Waals surface area contributed by atoms with Crippen LogP contribution in [0.5, 0.6) is 11.5 Å². The SMILES string of the molecule is CCCC[C@H]1C(=O)N(C)CC(=O)C[C@@H](COC=O)C(=O)C[C@@H](C(C)C)C(=O)N(C)[C@@H](Cc2ccccc2)C(=O)N[C@@H](Cc2ccc(O)cc2)C(=O)N(C)[C@H](CCC(=O)O)C(=O)N[C@@H](Cc2c[nH]c3ccccc23)C(=O)N[C@@H](Cc2ccc(O)cc2)C(=O)N[C@@H](CC(C)C)C(=O)N[C@H](C(=O)CCC(N)=O)CSCCC(=O)N[C@@H](Cc2ccccc2)C(=O)N(C)[C@@H](c2c[nH]c3ccccc23)C(=O)N1C. The van der Waals surface area contributed by atoms with Gasteiger partial charge in [0, 0.05) is 163 Å². The molecule has 12 amide bonds. The Hall–Kier alpha value is -14.1. The van der Waals surface area contributed by atoms with Crippen molar-refractivity contribution in [2.75, 3.05) is 59.9 Å². The fourth-order valence-corrected chi connectivity index (χ4v) is 17.8. The zero-order valence-electron chi connectivity index (χ0n) is 78.9. The average molecular weight is 1900 g/mol. The van der Waals surface area contributed by atoms with E-state index < -0.39 is 224 Å². The Bertz CT molecular complexity index is 5560. The molecule has 1 fully saturated rings. The lowest BCUT2D eigenvalue weighted by Gasteiger charge is -2.37. The number of rotatable bonds is 27. The molecule has 0 radical (unpaired) electrons. The number of phenols is 2. The Kier molecular flexibility index (Phi) is 40.1. The molecule has 0 bridgehead atoms. The number of carboxylic acids is 1. The average Bonchev–Trinajstić information content (AvgIpc) is 1.65. The van der Waals surface area contributed by atoms with Gasteiger partial charge in [-0.15, -0.1) is 0 Å². The molecule has 732 valence electrons. The molecule has 1 aliphatic rings. The van der Waals surface area contributed by atoms with Crippen LogP contribution in [0.4, 0.5) is 0 Å². The molecule has 0 unspecified atom stereocenters. The predicted molar refractivity (Wildman–Crippen MR) is 513 cm³/mol. The topological polar surface area (TPSA) is 506 Å².